The van der Waals surface area contributed by atoms with Gasteiger partial charge < -0.3 is 21.3 Å². The van der Waals surface area contributed by atoms with Crippen LogP contribution in [0.2, 0.25) is 0 Å². The molecule has 4 rings (SSSR count). The zero-order chi connectivity index (χ0) is 27.1. The summed E-state index contributed by atoms with van der Waals surface area (Å²) in [4.78, 5) is 62.6. The van der Waals surface area contributed by atoms with Gasteiger partial charge in [-0.3, -0.25) is 29.8 Å². The molecule has 0 saturated carbocycles. The lowest BCUT2D eigenvalue weighted by molar-refractivity contribution is -0.384. The van der Waals surface area contributed by atoms with E-state index in [2.05, 4.69) is 26.6 Å². The van der Waals surface area contributed by atoms with Crippen molar-refractivity contribution in [2.24, 2.45) is 17.6 Å². The Morgan fingerprint density at radius 1 is 1.22 bits per heavy atom. The summed E-state index contributed by atoms with van der Waals surface area (Å²) in [5, 5.41) is 37.5. The summed E-state index contributed by atoms with van der Waals surface area (Å²) < 4.78 is 0.546. The van der Waals surface area contributed by atoms with Gasteiger partial charge in [-0.2, -0.15) is 0 Å². The van der Waals surface area contributed by atoms with E-state index < -0.39 is 52.2 Å². The summed E-state index contributed by atoms with van der Waals surface area (Å²) in [6, 6.07) is 7.49. The SMILES string of the molecule is NC(=O)NCCCC1(C(=O)O)NC(c2cc(Br)ccc2O)C2C(=O)N(c3cccc([N+](=O)[O-])c3)C(=O)C21. The Bertz CT molecular complexity index is 1320. The highest BCUT2D eigenvalue weighted by molar-refractivity contribution is 9.10. The van der Waals surface area contributed by atoms with E-state index in [0.29, 0.717) is 4.47 Å². The number of carbonyl (C=O) groups excluding carboxylic acids is 3. The molecular weight excluding hydrogens is 554 g/mol. The van der Waals surface area contributed by atoms with Crippen LogP contribution in [0.1, 0.15) is 24.4 Å². The predicted octanol–water partition coefficient (Wildman–Crippen LogP) is 1.78. The van der Waals surface area contributed by atoms with Crippen molar-refractivity contribution in [3.63, 3.8) is 0 Å². The average molecular weight is 576 g/mol. The number of nitro benzene ring substituents is 1. The van der Waals surface area contributed by atoms with Gasteiger partial charge in [-0.1, -0.05) is 22.0 Å². The highest BCUT2D eigenvalue weighted by Crippen LogP contribution is 2.52. The van der Waals surface area contributed by atoms with Gasteiger partial charge in [-0.05, 0) is 37.1 Å². The molecule has 0 aliphatic carbocycles. The molecule has 2 aliphatic heterocycles. The van der Waals surface area contributed by atoms with Gasteiger partial charge in [0.05, 0.1) is 22.4 Å². The van der Waals surface area contributed by atoms with Gasteiger partial charge in [0.25, 0.3) is 5.69 Å². The van der Waals surface area contributed by atoms with E-state index in [1.54, 1.807) is 6.07 Å². The molecule has 0 aromatic heterocycles. The second-order valence-electron chi connectivity index (χ2n) is 8.79. The van der Waals surface area contributed by atoms with Crippen LogP contribution >= 0.6 is 15.9 Å². The number of urea groups is 1. The molecule has 2 aliphatic rings. The van der Waals surface area contributed by atoms with Gasteiger partial charge in [0.2, 0.25) is 11.8 Å². The Kier molecular flexibility index (Phi) is 6.88. The van der Waals surface area contributed by atoms with Gasteiger partial charge in [0.1, 0.15) is 11.3 Å². The average Bonchev–Trinajstić information content (AvgIpc) is 3.32. The number of nitrogens with one attached hydrogen (secondary N) is 2. The first-order valence-corrected chi connectivity index (χ1v) is 11.9. The fourth-order valence-corrected chi connectivity index (χ4v) is 5.54. The zero-order valence-electron chi connectivity index (χ0n) is 19.1. The van der Waals surface area contributed by atoms with Crippen LogP contribution in [0, 0.1) is 22.0 Å². The van der Waals surface area contributed by atoms with Crippen LogP contribution in [0.15, 0.2) is 46.9 Å². The number of fused-ring (bicyclic) bond motifs is 1. The smallest absolute Gasteiger partial charge is 0.324 e. The fourth-order valence-electron chi connectivity index (χ4n) is 5.16. The first-order chi connectivity index (χ1) is 17.5. The second-order valence-corrected chi connectivity index (χ2v) is 9.70. The Hall–Kier alpha value is -4.04. The molecular formula is C23H22BrN5O8. The molecule has 4 amide bonds. The van der Waals surface area contributed by atoms with Crippen molar-refractivity contribution >= 4 is 51.1 Å². The minimum atomic E-state index is -1.95. The van der Waals surface area contributed by atoms with Crippen LogP contribution in [0.4, 0.5) is 16.2 Å². The van der Waals surface area contributed by atoms with E-state index in [0.717, 1.165) is 11.0 Å². The molecule has 0 spiro atoms. The molecule has 14 heteroatoms. The second kappa shape index (κ2) is 9.78. The van der Waals surface area contributed by atoms with Crippen molar-refractivity contribution in [2.75, 3.05) is 11.4 Å². The van der Waals surface area contributed by atoms with Crippen LogP contribution in [-0.4, -0.2) is 51.0 Å². The third-order valence-corrected chi connectivity index (χ3v) is 7.20. The normalized spacial score (nSPS) is 24.7. The summed E-state index contributed by atoms with van der Waals surface area (Å²) >= 11 is 3.30. The molecule has 4 atom stereocenters. The zero-order valence-corrected chi connectivity index (χ0v) is 20.7. The number of halogens is 1. The lowest BCUT2D eigenvalue weighted by Crippen LogP contribution is -2.56. The van der Waals surface area contributed by atoms with Gasteiger partial charge in [0.15, 0.2) is 0 Å². The number of imide groups is 1. The van der Waals surface area contributed by atoms with E-state index in [1.807, 2.05) is 0 Å². The number of aliphatic carboxylic acids is 1. The fraction of sp³-hybridized carbons (Fsp3) is 0.304. The molecule has 2 heterocycles. The maximum Gasteiger partial charge on any atom is 0.324 e. The molecule has 0 radical (unpaired) electrons. The number of primary amides is 1. The lowest BCUT2D eigenvalue weighted by Gasteiger charge is -2.31. The molecule has 194 valence electrons. The van der Waals surface area contributed by atoms with E-state index in [1.165, 1.54) is 30.3 Å². The van der Waals surface area contributed by atoms with Crippen LogP contribution < -0.4 is 21.3 Å². The van der Waals surface area contributed by atoms with E-state index in [9.17, 15) is 39.5 Å². The topological polar surface area (TPSA) is 205 Å². The number of phenolic OH excluding ortho intramolecular Hbond substituents is 1. The molecule has 37 heavy (non-hydrogen) atoms. The number of hydrogen-bond donors (Lipinski definition) is 5. The Morgan fingerprint density at radius 3 is 2.59 bits per heavy atom. The maximum absolute atomic E-state index is 13.7. The number of rotatable bonds is 8. The number of nitro groups is 1. The van der Waals surface area contributed by atoms with Gasteiger partial charge in [-0.25, -0.2) is 9.69 Å². The summed E-state index contributed by atoms with van der Waals surface area (Å²) in [6.07, 6.45) is -0.0717. The quantitative estimate of drug-likeness (QED) is 0.134. The largest absolute Gasteiger partial charge is 0.508 e. The number of amides is 4. The van der Waals surface area contributed by atoms with Crippen molar-refractivity contribution in [3.8, 4) is 5.75 Å². The molecule has 2 saturated heterocycles. The molecule has 2 aromatic rings. The number of anilines is 1. The maximum atomic E-state index is 13.7. The van der Waals surface area contributed by atoms with Crippen LogP contribution in [-0.2, 0) is 14.4 Å². The van der Waals surface area contributed by atoms with Crippen molar-refractivity contribution in [1.82, 2.24) is 10.6 Å². The van der Waals surface area contributed by atoms with Gasteiger partial charge in [-0.15, -0.1) is 0 Å². The Morgan fingerprint density at radius 2 is 1.95 bits per heavy atom. The van der Waals surface area contributed by atoms with Gasteiger partial charge >= 0.3 is 12.0 Å². The van der Waals surface area contributed by atoms with Crippen molar-refractivity contribution in [1.29, 1.82) is 0 Å². The Balaban J connectivity index is 1.83. The van der Waals surface area contributed by atoms with Crippen LogP contribution in [0.25, 0.3) is 0 Å². The number of nitrogens with zero attached hydrogens (tertiary/aromatic N) is 2. The standard InChI is InChI=1S/C23H22BrN5O8/c24-11-5-6-15(30)14(9-11)18-16-17(23(27-18,21(33)34)7-2-8-26-22(25)35)20(32)28(19(16)31)12-3-1-4-13(10-12)29(36)37/h1,3-6,9-10,16-18,27,30H,2,7-8H2,(H,33,34)(H3,25,26,35). The highest BCUT2D eigenvalue weighted by atomic mass is 79.9. The molecule has 2 fully saturated rings. The molecule has 0 bridgehead atoms. The van der Waals surface area contributed by atoms with Crippen molar-refractivity contribution in [2.45, 2.75) is 24.4 Å². The molecule has 4 unspecified atom stereocenters. The third-order valence-electron chi connectivity index (χ3n) is 6.71. The summed E-state index contributed by atoms with van der Waals surface area (Å²) in [6.45, 7) is 0.0208. The number of hydrogen-bond acceptors (Lipinski definition) is 8. The molecule has 6 N–H and O–H groups in total. The number of non-ortho nitro benzene ring substituents is 1. The summed E-state index contributed by atoms with van der Waals surface area (Å²) in [5.74, 6) is -5.87. The predicted molar refractivity (Wildman–Crippen MR) is 131 cm³/mol. The Labute approximate surface area is 217 Å². The number of benzene rings is 2. The van der Waals surface area contributed by atoms with Gasteiger partial charge in [0, 0.05) is 34.8 Å². The highest BCUT2D eigenvalue weighted by Gasteiger charge is 2.68. The number of phenols is 1. The third kappa shape index (κ3) is 4.49. The summed E-state index contributed by atoms with van der Waals surface area (Å²) in [7, 11) is 0. The van der Waals surface area contributed by atoms with Crippen molar-refractivity contribution in [3.05, 3.63) is 62.6 Å². The van der Waals surface area contributed by atoms with Crippen LogP contribution in [0.3, 0.4) is 0 Å². The van der Waals surface area contributed by atoms with E-state index in [4.69, 9.17) is 5.73 Å². The number of carboxylic acid groups (broad SMARTS) is 1. The van der Waals surface area contributed by atoms with Crippen molar-refractivity contribution < 1.29 is 34.3 Å². The number of carbonyl (C=O) groups is 4. The monoisotopic (exact) mass is 575 g/mol. The van der Waals surface area contributed by atoms with Crippen LogP contribution in [0.5, 0.6) is 5.75 Å². The molecule has 2 aromatic carbocycles. The molecule has 13 nitrogen and oxygen atoms in total. The van der Waals surface area contributed by atoms with E-state index in [-0.39, 0.29) is 42.1 Å². The summed E-state index contributed by atoms with van der Waals surface area (Å²) in [5.41, 5.74) is 2.91. The number of aromatic hydroxyl groups is 1. The first kappa shape index (κ1) is 26.0. The lowest BCUT2D eigenvalue weighted by atomic mass is 9.77. The first-order valence-electron chi connectivity index (χ1n) is 11.1. The number of nitrogens with two attached hydrogens (primary N) is 1. The minimum absolute atomic E-state index is 0.0208. The minimum Gasteiger partial charge on any atom is -0.508 e. The number of carboxylic acids is 1. The van der Waals surface area contributed by atoms with E-state index >= 15 is 0 Å².